The molecule has 1 N–H and O–H groups in total. The van der Waals surface area contributed by atoms with E-state index in [1.165, 1.54) is 0 Å². The van der Waals surface area contributed by atoms with E-state index in [9.17, 15) is 4.79 Å². The summed E-state index contributed by atoms with van der Waals surface area (Å²) >= 11 is 9.51. The van der Waals surface area contributed by atoms with Gasteiger partial charge in [-0.15, -0.1) is 0 Å². The monoisotopic (exact) mass is 385 g/mol. The summed E-state index contributed by atoms with van der Waals surface area (Å²) in [5, 5.41) is 7.61. The molecule has 22 heavy (non-hydrogen) atoms. The van der Waals surface area contributed by atoms with Gasteiger partial charge in [-0.25, -0.2) is 4.79 Å². The number of anilines is 1. The third-order valence-corrected chi connectivity index (χ3v) is 3.58. The topological polar surface area (TPSA) is 56.1 Å². The van der Waals surface area contributed by atoms with Gasteiger partial charge in [0.25, 0.3) is 0 Å². The van der Waals surface area contributed by atoms with E-state index in [-0.39, 0.29) is 0 Å². The van der Waals surface area contributed by atoms with Crippen LogP contribution in [-0.2, 0) is 11.3 Å². The number of amides is 1. The second-order valence-corrected chi connectivity index (χ2v) is 7.00. The van der Waals surface area contributed by atoms with Gasteiger partial charge in [0.15, 0.2) is 5.82 Å². The number of aromatic nitrogens is 2. The predicted molar refractivity (Wildman–Crippen MR) is 90.3 cm³/mol. The molecule has 0 spiro atoms. The van der Waals surface area contributed by atoms with E-state index in [1.54, 1.807) is 31.6 Å². The van der Waals surface area contributed by atoms with E-state index in [4.69, 9.17) is 16.3 Å². The summed E-state index contributed by atoms with van der Waals surface area (Å²) in [5.74, 6) is 0.404. The van der Waals surface area contributed by atoms with Gasteiger partial charge in [0, 0.05) is 11.2 Å². The maximum atomic E-state index is 11.8. The summed E-state index contributed by atoms with van der Waals surface area (Å²) in [5.41, 5.74) is 0.388. The summed E-state index contributed by atoms with van der Waals surface area (Å²) in [6.45, 7) is 5.92. The standard InChI is InChI=1S/C15H17BrClN3O2/c1-15(2,3)22-14(21)18-13-11(16)9-20(19-13)8-10-6-4-5-7-12(10)17/h4-7,9H,8H2,1-3H3,(H,18,19,21). The quantitative estimate of drug-likeness (QED) is 0.832. The Labute approximate surface area is 142 Å². The fourth-order valence-electron chi connectivity index (χ4n) is 1.76. The molecule has 0 saturated carbocycles. The lowest BCUT2D eigenvalue weighted by molar-refractivity contribution is 0.0635. The van der Waals surface area contributed by atoms with E-state index in [0.29, 0.717) is 21.9 Å². The Morgan fingerprint density at radius 1 is 1.41 bits per heavy atom. The third kappa shape index (κ3) is 4.74. The number of ether oxygens (including phenoxy) is 1. The van der Waals surface area contributed by atoms with Crippen molar-refractivity contribution in [1.82, 2.24) is 9.78 Å². The summed E-state index contributed by atoms with van der Waals surface area (Å²) in [6.07, 6.45) is 1.23. The van der Waals surface area contributed by atoms with Crippen molar-refractivity contribution in [2.24, 2.45) is 0 Å². The summed E-state index contributed by atoms with van der Waals surface area (Å²) < 4.78 is 7.57. The zero-order valence-corrected chi connectivity index (χ0v) is 14.9. The first-order valence-electron chi connectivity index (χ1n) is 6.71. The second kappa shape index (κ2) is 6.71. The minimum absolute atomic E-state index is 0.404. The van der Waals surface area contributed by atoms with Gasteiger partial charge in [-0.1, -0.05) is 29.8 Å². The van der Waals surface area contributed by atoms with Crippen molar-refractivity contribution in [3.8, 4) is 0 Å². The van der Waals surface area contributed by atoms with Crippen LogP contribution in [0.3, 0.4) is 0 Å². The molecule has 0 bridgehead atoms. The molecule has 0 unspecified atom stereocenters. The van der Waals surface area contributed by atoms with Crippen LogP contribution in [-0.4, -0.2) is 21.5 Å². The number of hydrogen-bond acceptors (Lipinski definition) is 3. The highest BCUT2D eigenvalue weighted by Crippen LogP contribution is 2.23. The minimum atomic E-state index is -0.559. The Morgan fingerprint density at radius 3 is 2.73 bits per heavy atom. The molecule has 0 radical (unpaired) electrons. The largest absolute Gasteiger partial charge is 0.444 e. The molecular formula is C15H17BrClN3O2. The van der Waals surface area contributed by atoms with E-state index >= 15 is 0 Å². The molecule has 1 aromatic carbocycles. The van der Waals surface area contributed by atoms with Crippen LogP contribution in [0.1, 0.15) is 26.3 Å². The Hall–Kier alpha value is -1.53. The highest BCUT2D eigenvalue weighted by molar-refractivity contribution is 9.10. The van der Waals surface area contributed by atoms with Gasteiger partial charge in [-0.3, -0.25) is 10.00 Å². The van der Waals surface area contributed by atoms with Crippen molar-refractivity contribution in [2.45, 2.75) is 32.9 Å². The van der Waals surface area contributed by atoms with Crippen molar-refractivity contribution in [2.75, 3.05) is 5.32 Å². The lowest BCUT2D eigenvalue weighted by Crippen LogP contribution is -2.27. The normalized spacial score (nSPS) is 11.3. The van der Waals surface area contributed by atoms with Gasteiger partial charge in [-0.2, -0.15) is 5.10 Å². The molecule has 0 aliphatic rings. The Bertz CT molecular complexity index is 680. The predicted octanol–water partition coefficient (Wildman–Crippen LogP) is 4.69. The van der Waals surface area contributed by atoms with Gasteiger partial charge in [0.1, 0.15) is 5.60 Å². The molecule has 0 saturated heterocycles. The third-order valence-electron chi connectivity index (χ3n) is 2.63. The average Bonchev–Trinajstić information content (AvgIpc) is 2.70. The Morgan fingerprint density at radius 2 is 2.09 bits per heavy atom. The first kappa shape index (κ1) is 16.8. The average molecular weight is 387 g/mol. The van der Waals surface area contributed by atoms with Crippen LogP contribution < -0.4 is 5.32 Å². The molecular weight excluding hydrogens is 370 g/mol. The van der Waals surface area contributed by atoms with E-state index < -0.39 is 11.7 Å². The fraction of sp³-hybridized carbons (Fsp3) is 0.333. The van der Waals surface area contributed by atoms with Crippen molar-refractivity contribution >= 4 is 39.4 Å². The lowest BCUT2D eigenvalue weighted by Gasteiger charge is -2.19. The van der Waals surface area contributed by atoms with Crippen LogP contribution >= 0.6 is 27.5 Å². The summed E-state index contributed by atoms with van der Waals surface area (Å²) in [6, 6.07) is 7.55. The molecule has 118 valence electrons. The molecule has 7 heteroatoms. The molecule has 1 aromatic heterocycles. The van der Waals surface area contributed by atoms with Crippen LogP contribution in [0.4, 0.5) is 10.6 Å². The first-order valence-corrected chi connectivity index (χ1v) is 7.88. The minimum Gasteiger partial charge on any atom is -0.444 e. The number of hydrogen-bond donors (Lipinski definition) is 1. The van der Waals surface area contributed by atoms with E-state index in [0.717, 1.165) is 5.56 Å². The SMILES string of the molecule is CC(C)(C)OC(=O)Nc1nn(Cc2ccccc2Cl)cc1Br. The van der Waals surface area contributed by atoms with E-state index in [1.807, 2.05) is 24.3 Å². The number of nitrogens with one attached hydrogen (secondary N) is 1. The number of carbonyl (C=O) groups is 1. The summed E-state index contributed by atoms with van der Waals surface area (Å²) in [4.78, 5) is 11.8. The highest BCUT2D eigenvalue weighted by Gasteiger charge is 2.18. The van der Waals surface area contributed by atoms with Gasteiger partial charge < -0.3 is 4.74 Å². The first-order chi connectivity index (χ1) is 10.2. The maximum Gasteiger partial charge on any atom is 0.413 e. The number of nitrogens with zero attached hydrogens (tertiary/aromatic N) is 2. The van der Waals surface area contributed by atoms with Gasteiger partial charge in [-0.05, 0) is 48.3 Å². The highest BCUT2D eigenvalue weighted by atomic mass is 79.9. The van der Waals surface area contributed by atoms with Crippen molar-refractivity contribution < 1.29 is 9.53 Å². The molecule has 2 aromatic rings. The second-order valence-electron chi connectivity index (χ2n) is 5.74. The van der Waals surface area contributed by atoms with Gasteiger partial charge >= 0.3 is 6.09 Å². The maximum absolute atomic E-state index is 11.8. The van der Waals surface area contributed by atoms with Crippen molar-refractivity contribution in [1.29, 1.82) is 0 Å². The molecule has 5 nitrogen and oxygen atoms in total. The van der Waals surface area contributed by atoms with Crippen LogP contribution in [0, 0.1) is 0 Å². The molecule has 1 heterocycles. The summed E-state index contributed by atoms with van der Waals surface area (Å²) in [7, 11) is 0. The number of rotatable bonds is 3. The zero-order valence-electron chi connectivity index (χ0n) is 12.6. The van der Waals surface area contributed by atoms with Crippen LogP contribution in [0.25, 0.3) is 0 Å². The van der Waals surface area contributed by atoms with Crippen LogP contribution in [0.2, 0.25) is 5.02 Å². The lowest BCUT2D eigenvalue weighted by atomic mass is 10.2. The zero-order chi connectivity index (χ0) is 16.3. The van der Waals surface area contributed by atoms with Gasteiger partial charge in [0.05, 0.1) is 11.0 Å². The molecule has 0 atom stereocenters. The number of carbonyl (C=O) groups excluding carboxylic acids is 1. The smallest absolute Gasteiger partial charge is 0.413 e. The number of halogens is 2. The molecule has 2 rings (SSSR count). The molecule has 1 amide bonds. The Kier molecular flexibility index (Phi) is 5.13. The van der Waals surface area contributed by atoms with Gasteiger partial charge in [0.2, 0.25) is 0 Å². The fourth-order valence-corrected chi connectivity index (χ4v) is 2.37. The number of benzene rings is 1. The van der Waals surface area contributed by atoms with Crippen molar-refractivity contribution in [3.63, 3.8) is 0 Å². The molecule has 0 fully saturated rings. The van der Waals surface area contributed by atoms with Crippen LogP contribution in [0.15, 0.2) is 34.9 Å². The van der Waals surface area contributed by atoms with E-state index in [2.05, 4.69) is 26.3 Å². The van der Waals surface area contributed by atoms with Crippen molar-refractivity contribution in [3.05, 3.63) is 45.5 Å². The van der Waals surface area contributed by atoms with Crippen LogP contribution in [0.5, 0.6) is 0 Å². The Balaban J connectivity index is 2.08. The molecule has 0 aliphatic carbocycles. The molecule has 0 aliphatic heterocycles.